The summed E-state index contributed by atoms with van der Waals surface area (Å²) in [5.74, 6) is 0.542. The van der Waals surface area contributed by atoms with Crippen LogP contribution in [-0.2, 0) is 16.1 Å². The molecule has 2 rings (SSSR count). The molecule has 104 valence electrons. The summed E-state index contributed by atoms with van der Waals surface area (Å²) in [6.07, 6.45) is 1.85. The van der Waals surface area contributed by atoms with Crippen molar-refractivity contribution in [2.75, 3.05) is 6.54 Å². The van der Waals surface area contributed by atoms with Gasteiger partial charge in [-0.2, -0.15) is 0 Å². The minimum absolute atomic E-state index is 0.0400. The lowest BCUT2D eigenvalue weighted by molar-refractivity contribution is -0.134. The number of aromatic nitrogens is 1. The Bertz CT molecular complexity index is 469. The Morgan fingerprint density at radius 1 is 1.53 bits per heavy atom. The summed E-state index contributed by atoms with van der Waals surface area (Å²) < 4.78 is 5.13. The third kappa shape index (κ3) is 3.33. The molecule has 0 bridgehead atoms. The van der Waals surface area contributed by atoms with Gasteiger partial charge in [-0.05, 0) is 13.3 Å². The maximum atomic E-state index is 12.3. The van der Waals surface area contributed by atoms with Crippen molar-refractivity contribution >= 4 is 11.8 Å². The van der Waals surface area contributed by atoms with Gasteiger partial charge < -0.3 is 14.7 Å². The zero-order chi connectivity index (χ0) is 13.8. The normalized spacial score (nSPS) is 20.3. The van der Waals surface area contributed by atoms with Crippen LogP contribution in [0.15, 0.2) is 10.6 Å². The zero-order valence-electron chi connectivity index (χ0n) is 11.3. The van der Waals surface area contributed by atoms with Gasteiger partial charge in [-0.25, -0.2) is 0 Å². The van der Waals surface area contributed by atoms with Crippen LogP contribution < -0.4 is 5.32 Å². The molecule has 1 unspecified atom stereocenters. The summed E-state index contributed by atoms with van der Waals surface area (Å²) in [7, 11) is 0. The van der Waals surface area contributed by atoms with E-state index in [1.165, 1.54) is 0 Å². The lowest BCUT2D eigenvalue weighted by Crippen LogP contribution is -2.44. The second-order valence-electron chi connectivity index (χ2n) is 4.85. The van der Waals surface area contributed by atoms with Crippen LogP contribution >= 0.6 is 0 Å². The first-order valence-corrected chi connectivity index (χ1v) is 6.60. The van der Waals surface area contributed by atoms with Crippen molar-refractivity contribution in [3.63, 3.8) is 0 Å². The fourth-order valence-corrected chi connectivity index (χ4v) is 2.22. The molecule has 0 aliphatic carbocycles. The molecule has 6 heteroatoms. The average molecular weight is 265 g/mol. The number of nitrogens with zero attached hydrogens (tertiary/aromatic N) is 2. The van der Waals surface area contributed by atoms with Crippen LogP contribution in [0, 0.1) is 6.92 Å². The topological polar surface area (TPSA) is 75.4 Å². The summed E-state index contributed by atoms with van der Waals surface area (Å²) in [5.41, 5.74) is 0.789. The summed E-state index contributed by atoms with van der Waals surface area (Å²) in [6, 6.07) is 1.39. The third-order valence-corrected chi connectivity index (χ3v) is 3.15. The molecule has 1 N–H and O–H groups in total. The molecule has 1 aliphatic rings. The van der Waals surface area contributed by atoms with Gasteiger partial charge >= 0.3 is 0 Å². The molecule has 1 fully saturated rings. The molecule has 0 spiro atoms. The number of carbonyl (C=O) groups excluding carboxylic acids is 2. The molecule has 2 heterocycles. The van der Waals surface area contributed by atoms with E-state index in [4.69, 9.17) is 4.52 Å². The van der Waals surface area contributed by atoms with E-state index in [1.807, 2.05) is 19.9 Å². The van der Waals surface area contributed by atoms with Crippen molar-refractivity contribution in [2.24, 2.45) is 0 Å². The van der Waals surface area contributed by atoms with Gasteiger partial charge in [-0.15, -0.1) is 0 Å². The van der Waals surface area contributed by atoms with E-state index < -0.39 is 6.04 Å². The van der Waals surface area contributed by atoms with E-state index in [0.29, 0.717) is 31.7 Å². The van der Waals surface area contributed by atoms with E-state index in [9.17, 15) is 9.59 Å². The first kappa shape index (κ1) is 13.6. The second kappa shape index (κ2) is 5.86. The van der Waals surface area contributed by atoms with Gasteiger partial charge in [-0.1, -0.05) is 18.5 Å². The predicted octanol–water partition coefficient (Wildman–Crippen LogP) is 1.00. The molecule has 1 saturated heterocycles. The van der Waals surface area contributed by atoms with Gasteiger partial charge in [0.05, 0.1) is 12.2 Å². The van der Waals surface area contributed by atoms with Crippen molar-refractivity contribution in [1.29, 1.82) is 0 Å². The van der Waals surface area contributed by atoms with Crippen molar-refractivity contribution in [2.45, 2.75) is 45.7 Å². The first-order chi connectivity index (χ1) is 9.10. The van der Waals surface area contributed by atoms with Crippen LogP contribution in [0.25, 0.3) is 0 Å². The Labute approximate surface area is 112 Å². The van der Waals surface area contributed by atoms with E-state index in [1.54, 1.807) is 4.90 Å². The molecular weight excluding hydrogens is 246 g/mol. The highest BCUT2D eigenvalue weighted by Crippen LogP contribution is 2.13. The van der Waals surface area contributed by atoms with E-state index in [0.717, 1.165) is 12.1 Å². The maximum Gasteiger partial charge on any atom is 0.245 e. The summed E-state index contributed by atoms with van der Waals surface area (Å²) >= 11 is 0. The molecular formula is C13H19N3O3. The predicted molar refractivity (Wildman–Crippen MR) is 68.1 cm³/mol. The number of amides is 2. The van der Waals surface area contributed by atoms with E-state index in [2.05, 4.69) is 10.5 Å². The molecule has 19 heavy (non-hydrogen) atoms. The minimum Gasteiger partial charge on any atom is -0.359 e. The summed E-state index contributed by atoms with van der Waals surface area (Å²) in [4.78, 5) is 25.6. The van der Waals surface area contributed by atoms with Gasteiger partial charge in [0, 0.05) is 19.0 Å². The Morgan fingerprint density at radius 3 is 2.95 bits per heavy atom. The van der Waals surface area contributed by atoms with Crippen LogP contribution in [0.3, 0.4) is 0 Å². The molecule has 6 nitrogen and oxygen atoms in total. The molecule has 1 aliphatic heterocycles. The minimum atomic E-state index is -0.413. The zero-order valence-corrected chi connectivity index (χ0v) is 11.3. The van der Waals surface area contributed by atoms with Gasteiger partial charge in [0.15, 0.2) is 5.76 Å². The molecule has 0 saturated carbocycles. The number of carbonyl (C=O) groups is 2. The second-order valence-corrected chi connectivity index (χ2v) is 4.85. The summed E-state index contributed by atoms with van der Waals surface area (Å²) in [6.45, 7) is 4.62. The van der Waals surface area contributed by atoms with Crippen molar-refractivity contribution in [3.05, 3.63) is 17.5 Å². The van der Waals surface area contributed by atoms with Crippen LogP contribution in [0.4, 0.5) is 0 Å². The van der Waals surface area contributed by atoms with Gasteiger partial charge in [0.1, 0.15) is 6.04 Å². The Balaban J connectivity index is 2.09. The molecule has 1 aromatic rings. The van der Waals surface area contributed by atoms with Gasteiger partial charge in [-0.3, -0.25) is 9.59 Å². The fraction of sp³-hybridized carbons (Fsp3) is 0.615. The van der Waals surface area contributed by atoms with E-state index >= 15 is 0 Å². The van der Waals surface area contributed by atoms with Crippen molar-refractivity contribution in [1.82, 2.24) is 15.4 Å². The maximum absolute atomic E-state index is 12.3. The number of rotatable bonds is 4. The third-order valence-electron chi connectivity index (χ3n) is 3.15. The van der Waals surface area contributed by atoms with Gasteiger partial charge in [0.25, 0.3) is 0 Å². The monoisotopic (exact) mass is 265 g/mol. The largest absolute Gasteiger partial charge is 0.359 e. The van der Waals surface area contributed by atoms with Crippen LogP contribution in [0.2, 0.25) is 0 Å². The number of nitrogens with one attached hydrogen (secondary N) is 1. The van der Waals surface area contributed by atoms with Crippen LogP contribution in [-0.4, -0.2) is 34.5 Å². The van der Waals surface area contributed by atoms with Gasteiger partial charge in [0.2, 0.25) is 11.8 Å². The fourth-order valence-electron chi connectivity index (χ4n) is 2.22. The number of hydrogen-bond acceptors (Lipinski definition) is 4. The number of hydrogen-bond donors (Lipinski definition) is 1. The Kier molecular flexibility index (Phi) is 4.19. The molecule has 2 amide bonds. The Hall–Kier alpha value is -1.85. The average Bonchev–Trinajstić information content (AvgIpc) is 2.73. The summed E-state index contributed by atoms with van der Waals surface area (Å²) in [5, 5.41) is 6.58. The number of aryl methyl sites for hydroxylation is 1. The highest BCUT2D eigenvalue weighted by atomic mass is 16.5. The van der Waals surface area contributed by atoms with Crippen LogP contribution in [0.5, 0.6) is 0 Å². The quantitative estimate of drug-likeness (QED) is 0.881. The van der Waals surface area contributed by atoms with E-state index in [-0.39, 0.29) is 11.8 Å². The molecule has 0 radical (unpaired) electrons. The standard InChI is InChI=1S/C13H19N3O3/c1-3-4-11-13(18)16(6-5-12(17)14-11)8-10-7-9(2)15-19-10/h7,11H,3-6,8H2,1-2H3,(H,14,17). The Morgan fingerprint density at radius 2 is 2.32 bits per heavy atom. The molecule has 1 atom stereocenters. The molecule has 0 aromatic carbocycles. The van der Waals surface area contributed by atoms with Crippen LogP contribution in [0.1, 0.15) is 37.6 Å². The lowest BCUT2D eigenvalue weighted by atomic mass is 10.1. The molecule has 1 aromatic heterocycles. The van der Waals surface area contributed by atoms with Crippen molar-refractivity contribution < 1.29 is 14.1 Å². The SMILES string of the molecule is CCCC1NC(=O)CCN(Cc2cc(C)no2)C1=O. The smallest absolute Gasteiger partial charge is 0.245 e. The highest BCUT2D eigenvalue weighted by molar-refractivity contribution is 5.89. The lowest BCUT2D eigenvalue weighted by Gasteiger charge is -2.22. The first-order valence-electron chi connectivity index (χ1n) is 6.60. The highest BCUT2D eigenvalue weighted by Gasteiger charge is 2.29. The van der Waals surface area contributed by atoms with Crippen molar-refractivity contribution in [3.8, 4) is 0 Å².